The summed E-state index contributed by atoms with van der Waals surface area (Å²) in [5, 5.41) is 0. The van der Waals surface area contributed by atoms with Crippen LogP contribution in [0.5, 0.6) is 0 Å². The van der Waals surface area contributed by atoms with Crippen molar-refractivity contribution in [3.63, 3.8) is 0 Å². The quantitative estimate of drug-likeness (QED) is 0.647. The maximum Gasteiger partial charge on any atom is 0.0597 e. The van der Waals surface area contributed by atoms with E-state index in [0.717, 1.165) is 39.4 Å². The third kappa shape index (κ3) is 3.17. The topological polar surface area (TPSA) is 15.7 Å². The van der Waals surface area contributed by atoms with Gasteiger partial charge in [0.15, 0.2) is 0 Å². The summed E-state index contributed by atoms with van der Waals surface area (Å²) in [5.74, 6) is 0. The molecule has 0 amide bonds. The van der Waals surface area contributed by atoms with E-state index in [2.05, 4.69) is 29.9 Å². The second kappa shape index (κ2) is 5.92. The Bertz CT molecular complexity index is 136. The lowest BCUT2D eigenvalue weighted by molar-refractivity contribution is 0.0728. The first-order chi connectivity index (χ1) is 6.29. The van der Waals surface area contributed by atoms with Gasteiger partial charge in [-0.3, -0.25) is 9.34 Å². The van der Waals surface area contributed by atoms with E-state index in [4.69, 9.17) is 4.74 Å². The van der Waals surface area contributed by atoms with Crippen molar-refractivity contribution in [1.82, 2.24) is 9.34 Å². The molecule has 3 nitrogen and oxygen atoms in total. The summed E-state index contributed by atoms with van der Waals surface area (Å²) >= 11 is 0. The summed E-state index contributed by atoms with van der Waals surface area (Å²) in [5.41, 5.74) is 0. The number of nitrogens with zero attached hydrogens (tertiary/aromatic N) is 2. The third-order valence-electron chi connectivity index (χ3n) is 2.54. The first-order valence-corrected chi connectivity index (χ1v) is 6.80. The molecule has 0 aromatic carbocycles. The van der Waals surface area contributed by atoms with E-state index < -0.39 is 0 Å². The van der Waals surface area contributed by atoms with Crippen molar-refractivity contribution in [3.05, 3.63) is 0 Å². The Morgan fingerprint density at radius 1 is 1.23 bits per heavy atom. The van der Waals surface area contributed by atoms with Gasteiger partial charge in [-0.15, -0.1) is 0 Å². The van der Waals surface area contributed by atoms with Crippen molar-refractivity contribution in [3.8, 4) is 0 Å². The Morgan fingerprint density at radius 2 is 1.77 bits per heavy atom. The molecule has 1 unspecified atom stereocenters. The zero-order valence-corrected chi connectivity index (χ0v) is 9.89. The molecule has 78 valence electrons. The molecule has 1 heterocycles. The molecule has 0 spiro atoms. The fourth-order valence-electron chi connectivity index (χ4n) is 1.65. The number of hydrogen-bond donors (Lipinski definition) is 0. The lowest BCUT2D eigenvalue weighted by Crippen LogP contribution is -2.36. The van der Waals surface area contributed by atoms with Crippen LogP contribution >= 0.6 is 8.22 Å². The van der Waals surface area contributed by atoms with Crippen molar-refractivity contribution in [2.45, 2.75) is 13.8 Å². The highest BCUT2D eigenvalue weighted by Gasteiger charge is 2.20. The Labute approximate surface area is 82.9 Å². The van der Waals surface area contributed by atoms with Gasteiger partial charge in [0.1, 0.15) is 0 Å². The molecule has 0 aromatic rings. The minimum absolute atomic E-state index is 0.0757. The first-order valence-electron chi connectivity index (χ1n) is 5.10. The van der Waals surface area contributed by atoms with Crippen molar-refractivity contribution in [1.29, 1.82) is 0 Å². The highest BCUT2D eigenvalue weighted by atomic mass is 31.1. The molecule has 0 aliphatic carbocycles. The normalized spacial score (nSPS) is 22.2. The van der Waals surface area contributed by atoms with E-state index in [-0.39, 0.29) is 8.22 Å². The summed E-state index contributed by atoms with van der Waals surface area (Å²) in [4.78, 5) is 0. The van der Waals surface area contributed by atoms with Crippen LogP contribution in [0, 0.1) is 0 Å². The fourth-order valence-corrected chi connectivity index (χ4v) is 3.57. The monoisotopic (exact) mass is 204 g/mol. The highest BCUT2D eigenvalue weighted by molar-refractivity contribution is 7.51. The van der Waals surface area contributed by atoms with Crippen LogP contribution in [0.25, 0.3) is 0 Å². The van der Waals surface area contributed by atoms with Crippen LogP contribution in [0.3, 0.4) is 0 Å². The van der Waals surface area contributed by atoms with Gasteiger partial charge in [0, 0.05) is 34.4 Å². The molecule has 1 fully saturated rings. The number of ether oxygens (including phenoxy) is 1. The molecule has 0 radical (unpaired) electrons. The molecule has 0 aromatic heterocycles. The minimum Gasteiger partial charge on any atom is -0.379 e. The first kappa shape index (κ1) is 11.4. The van der Waals surface area contributed by atoms with E-state index in [9.17, 15) is 0 Å². The van der Waals surface area contributed by atoms with Crippen LogP contribution in [-0.2, 0) is 4.74 Å². The molecule has 1 saturated heterocycles. The van der Waals surface area contributed by atoms with Gasteiger partial charge in [-0.25, -0.2) is 0 Å². The van der Waals surface area contributed by atoms with Gasteiger partial charge in [0.05, 0.1) is 13.2 Å². The Balaban J connectivity index is 2.38. The molecule has 0 saturated carbocycles. The number of hydrogen-bond acceptors (Lipinski definition) is 3. The van der Waals surface area contributed by atoms with Crippen molar-refractivity contribution >= 4 is 8.22 Å². The van der Waals surface area contributed by atoms with Crippen LogP contribution in [-0.4, -0.2) is 55.4 Å². The summed E-state index contributed by atoms with van der Waals surface area (Å²) < 4.78 is 10.5. The van der Waals surface area contributed by atoms with Gasteiger partial charge in [-0.1, -0.05) is 13.8 Å². The van der Waals surface area contributed by atoms with Crippen LogP contribution in [0.15, 0.2) is 0 Å². The second-order valence-electron chi connectivity index (χ2n) is 3.19. The van der Waals surface area contributed by atoms with Crippen molar-refractivity contribution < 1.29 is 4.74 Å². The Hall–Kier alpha value is 0.310. The third-order valence-corrected chi connectivity index (χ3v) is 5.14. The lowest BCUT2D eigenvalue weighted by Gasteiger charge is -2.38. The molecule has 1 aliphatic rings. The summed E-state index contributed by atoms with van der Waals surface area (Å²) in [6.07, 6.45) is 0. The average molecular weight is 204 g/mol. The minimum atomic E-state index is -0.0757. The van der Waals surface area contributed by atoms with E-state index >= 15 is 0 Å². The Kier molecular flexibility index (Phi) is 5.18. The van der Waals surface area contributed by atoms with E-state index in [1.54, 1.807) is 0 Å². The van der Waals surface area contributed by atoms with Crippen LogP contribution in [0.4, 0.5) is 0 Å². The molecule has 1 rings (SSSR count). The molecule has 1 atom stereocenters. The van der Waals surface area contributed by atoms with Crippen LogP contribution < -0.4 is 0 Å². The van der Waals surface area contributed by atoms with Gasteiger partial charge in [-0.05, 0) is 6.66 Å². The van der Waals surface area contributed by atoms with Gasteiger partial charge >= 0.3 is 0 Å². The number of morpholine rings is 1. The van der Waals surface area contributed by atoms with Crippen LogP contribution in [0.1, 0.15) is 13.8 Å². The predicted octanol–water partition coefficient (Wildman–Crippen LogP) is 1.60. The largest absolute Gasteiger partial charge is 0.379 e. The maximum absolute atomic E-state index is 5.35. The van der Waals surface area contributed by atoms with E-state index in [1.807, 2.05) is 0 Å². The molecule has 4 heteroatoms. The maximum atomic E-state index is 5.35. The van der Waals surface area contributed by atoms with Gasteiger partial charge in [-0.2, -0.15) is 0 Å². The SMILES string of the molecule is CCN(CC)P(C)N1CCOCC1. The molecular formula is C9H21N2OP. The zero-order chi connectivity index (χ0) is 9.68. The van der Waals surface area contributed by atoms with Gasteiger partial charge in [0.25, 0.3) is 0 Å². The number of rotatable bonds is 4. The van der Waals surface area contributed by atoms with E-state index in [1.165, 1.54) is 0 Å². The van der Waals surface area contributed by atoms with Crippen LogP contribution in [0.2, 0.25) is 0 Å². The summed E-state index contributed by atoms with van der Waals surface area (Å²) in [7, 11) is -0.0757. The smallest absolute Gasteiger partial charge is 0.0597 e. The summed E-state index contributed by atoms with van der Waals surface area (Å²) in [6, 6.07) is 0. The zero-order valence-electron chi connectivity index (χ0n) is 8.99. The molecule has 0 bridgehead atoms. The predicted molar refractivity (Wildman–Crippen MR) is 58.2 cm³/mol. The fraction of sp³-hybridized carbons (Fsp3) is 1.00. The summed E-state index contributed by atoms with van der Waals surface area (Å²) in [6.45, 7) is 13.2. The molecular weight excluding hydrogens is 183 g/mol. The standard InChI is InChI=1S/C9H21N2OP/c1-4-10(5-2)13(3)11-6-8-12-9-7-11/h4-9H2,1-3H3. The van der Waals surface area contributed by atoms with Crippen molar-refractivity contribution in [2.75, 3.05) is 46.1 Å². The average Bonchev–Trinajstić information content (AvgIpc) is 2.21. The lowest BCUT2D eigenvalue weighted by atomic mass is 10.5. The van der Waals surface area contributed by atoms with Gasteiger partial charge in [0.2, 0.25) is 0 Å². The Morgan fingerprint density at radius 3 is 2.23 bits per heavy atom. The second-order valence-corrected chi connectivity index (χ2v) is 5.30. The molecule has 13 heavy (non-hydrogen) atoms. The van der Waals surface area contributed by atoms with Gasteiger partial charge < -0.3 is 4.74 Å². The van der Waals surface area contributed by atoms with E-state index in [0.29, 0.717) is 0 Å². The molecule has 0 N–H and O–H groups in total. The highest BCUT2D eigenvalue weighted by Crippen LogP contribution is 2.39. The molecule has 1 aliphatic heterocycles. The van der Waals surface area contributed by atoms with Crippen molar-refractivity contribution in [2.24, 2.45) is 0 Å².